The number of hydrogen-bond acceptors (Lipinski definition) is 6. The first-order valence-corrected chi connectivity index (χ1v) is 12.5. The van der Waals surface area contributed by atoms with Gasteiger partial charge in [0, 0.05) is 31.9 Å². The molecule has 3 rings (SSSR count). The molecule has 2 aromatic carbocycles. The zero-order valence-electron chi connectivity index (χ0n) is 22.5. The monoisotopic (exact) mass is 493 g/mol. The van der Waals surface area contributed by atoms with E-state index in [0.717, 1.165) is 29.1 Å². The van der Waals surface area contributed by atoms with Gasteiger partial charge in [-0.25, -0.2) is 0 Å². The van der Waals surface area contributed by atoms with Crippen molar-refractivity contribution >= 4 is 23.1 Å². The Labute approximate surface area is 215 Å². The molecule has 1 saturated heterocycles. The zero-order chi connectivity index (χ0) is 26.6. The highest BCUT2D eigenvalue weighted by atomic mass is 16.5. The summed E-state index contributed by atoms with van der Waals surface area (Å²) in [6.07, 6.45) is 0.716. The summed E-state index contributed by atoms with van der Waals surface area (Å²) < 4.78 is 5.86. The van der Waals surface area contributed by atoms with Gasteiger partial charge in [0.15, 0.2) is 0 Å². The molecule has 0 aliphatic carbocycles. The summed E-state index contributed by atoms with van der Waals surface area (Å²) in [5, 5.41) is 11.4. The standard InChI is InChI=1S/C29H39N3O4/c1-19(2)18-36-24-14-11-22(17-20(24)3)27(33)25-26(21-9-12-23(13-10-21)31(6)7)32(29(35)28(25)34)16-8-15-30(4)5/h9-14,17,19,26,33H,8,15-16,18H2,1-7H3/b27-25-. The van der Waals surface area contributed by atoms with Gasteiger partial charge in [0.2, 0.25) is 0 Å². The number of ether oxygens (including phenoxy) is 1. The molecule has 7 heteroatoms. The topological polar surface area (TPSA) is 73.3 Å². The molecule has 7 nitrogen and oxygen atoms in total. The quantitative estimate of drug-likeness (QED) is 0.299. The predicted octanol–water partition coefficient (Wildman–Crippen LogP) is 4.47. The van der Waals surface area contributed by atoms with Gasteiger partial charge < -0.3 is 24.5 Å². The van der Waals surface area contributed by atoms with E-state index in [2.05, 4.69) is 13.8 Å². The first-order valence-electron chi connectivity index (χ1n) is 12.5. The van der Waals surface area contributed by atoms with Gasteiger partial charge in [-0.05, 0) is 81.4 Å². The van der Waals surface area contributed by atoms with E-state index in [9.17, 15) is 14.7 Å². The number of ketones is 1. The van der Waals surface area contributed by atoms with Gasteiger partial charge in [0.1, 0.15) is 11.5 Å². The summed E-state index contributed by atoms with van der Waals surface area (Å²) in [4.78, 5) is 32.0. The van der Waals surface area contributed by atoms with Crippen LogP contribution in [0.15, 0.2) is 48.0 Å². The Morgan fingerprint density at radius 1 is 1.06 bits per heavy atom. The third-order valence-electron chi connectivity index (χ3n) is 6.29. The molecule has 1 aliphatic rings. The average Bonchev–Trinajstić information content (AvgIpc) is 3.07. The number of rotatable bonds is 10. The first-order chi connectivity index (χ1) is 17.0. The minimum absolute atomic E-state index is 0.123. The normalized spacial score (nSPS) is 17.4. The molecule has 0 spiro atoms. The highest BCUT2D eigenvalue weighted by Crippen LogP contribution is 2.40. The number of aryl methyl sites for hydroxylation is 1. The summed E-state index contributed by atoms with van der Waals surface area (Å²) in [6, 6.07) is 12.5. The summed E-state index contributed by atoms with van der Waals surface area (Å²) in [7, 11) is 7.86. The lowest BCUT2D eigenvalue weighted by Crippen LogP contribution is -2.32. The Morgan fingerprint density at radius 3 is 2.28 bits per heavy atom. The molecule has 0 bridgehead atoms. The number of Topliss-reactive ketones (excluding diaryl/α,β-unsaturated/α-hetero) is 1. The Morgan fingerprint density at radius 2 is 1.72 bits per heavy atom. The molecule has 0 saturated carbocycles. The fraction of sp³-hybridized carbons (Fsp3) is 0.448. The minimum Gasteiger partial charge on any atom is -0.507 e. The predicted molar refractivity (Wildman–Crippen MR) is 144 cm³/mol. The van der Waals surface area contributed by atoms with E-state index in [-0.39, 0.29) is 11.3 Å². The molecule has 1 N–H and O–H groups in total. The van der Waals surface area contributed by atoms with Crippen LogP contribution in [0, 0.1) is 12.8 Å². The van der Waals surface area contributed by atoms with Gasteiger partial charge >= 0.3 is 0 Å². The van der Waals surface area contributed by atoms with E-state index in [1.54, 1.807) is 23.1 Å². The van der Waals surface area contributed by atoms with Gasteiger partial charge in [-0.3, -0.25) is 9.59 Å². The van der Waals surface area contributed by atoms with Crippen molar-refractivity contribution in [2.75, 3.05) is 52.8 Å². The number of carbonyl (C=O) groups is 2. The maximum atomic E-state index is 13.3. The van der Waals surface area contributed by atoms with Gasteiger partial charge in [-0.15, -0.1) is 0 Å². The minimum atomic E-state index is -0.656. The lowest BCUT2D eigenvalue weighted by molar-refractivity contribution is -0.139. The molecule has 1 unspecified atom stereocenters. The SMILES string of the molecule is Cc1cc(/C(O)=C2/C(=O)C(=O)N(CCCN(C)C)C2c2ccc(N(C)C)cc2)ccc1OCC(C)C. The van der Waals surface area contributed by atoms with Crippen molar-refractivity contribution in [3.63, 3.8) is 0 Å². The van der Waals surface area contributed by atoms with E-state index in [4.69, 9.17) is 4.74 Å². The lowest BCUT2D eigenvalue weighted by Gasteiger charge is -2.26. The second-order valence-corrected chi connectivity index (χ2v) is 10.3. The summed E-state index contributed by atoms with van der Waals surface area (Å²) in [6.45, 7) is 7.86. The van der Waals surface area contributed by atoms with Crippen LogP contribution in [0.5, 0.6) is 5.75 Å². The molecule has 1 atom stereocenters. The van der Waals surface area contributed by atoms with Crippen molar-refractivity contribution in [2.24, 2.45) is 5.92 Å². The number of hydrogen-bond donors (Lipinski definition) is 1. The number of aliphatic hydroxyl groups is 1. The van der Waals surface area contributed by atoms with Crippen molar-refractivity contribution in [1.82, 2.24) is 9.80 Å². The molecule has 0 radical (unpaired) electrons. The van der Waals surface area contributed by atoms with E-state index in [0.29, 0.717) is 31.1 Å². The molecule has 1 aliphatic heterocycles. The summed E-state index contributed by atoms with van der Waals surface area (Å²) in [5.41, 5.74) is 3.27. The maximum absolute atomic E-state index is 13.3. The number of carbonyl (C=O) groups excluding carboxylic acids is 2. The van der Waals surface area contributed by atoms with Crippen LogP contribution in [0.4, 0.5) is 5.69 Å². The van der Waals surface area contributed by atoms with Crippen molar-refractivity contribution in [1.29, 1.82) is 0 Å². The highest BCUT2D eigenvalue weighted by molar-refractivity contribution is 6.46. The third kappa shape index (κ3) is 6.08. The molecule has 36 heavy (non-hydrogen) atoms. The van der Waals surface area contributed by atoms with Crippen molar-refractivity contribution in [2.45, 2.75) is 33.2 Å². The van der Waals surface area contributed by atoms with Crippen LogP contribution in [-0.2, 0) is 9.59 Å². The smallest absolute Gasteiger partial charge is 0.295 e. The van der Waals surface area contributed by atoms with Gasteiger partial charge in [0.25, 0.3) is 11.7 Å². The van der Waals surface area contributed by atoms with Crippen molar-refractivity contribution in [3.8, 4) is 5.75 Å². The molecular formula is C29H39N3O4. The molecule has 194 valence electrons. The van der Waals surface area contributed by atoms with Crippen LogP contribution in [0.25, 0.3) is 5.76 Å². The molecule has 0 aromatic heterocycles. The van der Waals surface area contributed by atoms with Gasteiger partial charge in [0.05, 0.1) is 18.2 Å². The number of nitrogens with zero attached hydrogens (tertiary/aromatic N) is 3. The van der Waals surface area contributed by atoms with E-state index >= 15 is 0 Å². The maximum Gasteiger partial charge on any atom is 0.295 e. The zero-order valence-corrected chi connectivity index (χ0v) is 22.5. The van der Waals surface area contributed by atoms with Crippen LogP contribution in [0.1, 0.15) is 43.0 Å². The third-order valence-corrected chi connectivity index (χ3v) is 6.29. The molecule has 1 amide bonds. The van der Waals surface area contributed by atoms with E-state index in [1.165, 1.54) is 0 Å². The molecule has 2 aromatic rings. The highest BCUT2D eigenvalue weighted by Gasteiger charge is 2.45. The number of anilines is 1. The Bertz CT molecular complexity index is 1120. The van der Waals surface area contributed by atoms with Gasteiger partial charge in [-0.1, -0.05) is 26.0 Å². The number of likely N-dealkylation sites (tertiary alicyclic amines) is 1. The molecular weight excluding hydrogens is 454 g/mol. The fourth-order valence-electron chi connectivity index (χ4n) is 4.34. The summed E-state index contributed by atoms with van der Waals surface area (Å²) >= 11 is 0. The lowest BCUT2D eigenvalue weighted by atomic mass is 9.94. The molecule has 1 heterocycles. The van der Waals surface area contributed by atoms with E-state index < -0.39 is 17.7 Å². The summed E-state index contributed by atoms with van der Waals surface area (Å²) in [5.74, 6) is -0.272. The van der Waals surface area contributed by atoms with Crippen LogP contribution in [0.3, 0.4) is 0 Å². The second-order valence-electron chi connectivity index (χ2n) is 10.3. The molecule has 1 fully saturated rings. The van der Waals surface area contributed by atoms with Crippen molar-refractivity contribution in [3.05, 3.63) is 64.7 Å². The van der Waals surface area contributed by atoms with Crippen molar-refractivity contribution < 1.29 is 19.4 Å². The Kier molecular flexibility index (Phi) is 8.79. The number of aliphatic hydroxyl groups excluding tert-OH is 1. The Balaban J connectivity index is 2.05. The number of amides is 1. The van der Waals surface area contributed by atoms with Gasteiger partial charge in [-0.2, -0.15) is 0 Å². The van der Waals surface area contributed by atoms with Crippen LogP contribution < -0.4 is 9.64 Å². The van der Waals surface area contributed by atoms with E-state index in [1.807, 2.05) is 69.2 Å². The van der Waals surface area contributed by atoms with Crippen LogP contribution in [-0.4, -0.2) is 74.5 Å². The Hall–Kier alpha value is -3.32. The fourth-order valence-corrected chi connectivity index (χ4v) is 4.34. The largest absolute Gasteiger partial charge is 0.507 e. The number of benzene rings is 2. The first kappa shape index (κ1) is 27.3. The van der Waals surface area contributed by atoms with Crippen LogP contribution >= 0.6 is 0 Å². The van der Waals surface area contributed by atoms with Crippen LogP contribution in [0.2, 0.25) is 0 Å². The average molecular weight is 494 g/mol. The second kappa shape index (κ2) is 11.6.